The Labute approximate surface area is 141 Å². The zero-order chi connectivity index (χ0) is 17.6. The van der Waals surface area contributed by atoms with Crippen molar-refractivity contribution in [3.63, 3.8) is 0 Å². The number of ether oxygens (including phenoxy) is 2. The van der Waals surface area contributed by atoms with Crippen molar-refractivity contribution in [3.05, 3.63) is 28.8 Å². The Morgan fingerprint density at radius 1 is 1.13 bits per heavy atom. The molecule has 1 aromatic carbocycles. The Morgan fingerprint density at radius 2 is 1.78 bits per heavy atom. The molecule has 5 nitrogen and oxygen atoms in total. The van der Waals surface area contributed by atoms with Crippen LogP contribution in [0.3, 0.4) is 0 Å². The maximum Gasteiger partial charge on any atom is 0.330 e. The van der Waals surface area contributed by atoms with Crippen LogP contribution in [0.5, 0.6) is 5.75 Å². The van der Waals surface area contributed by atoms with Gasteiger partial charge in [-0.2, -0.15) is 0 Å². The maximum absolute atomic E-state index is 11.7. The van der Waals surface area contributed by atoms with Crippen molar-refractivity contribution in [2.45, 2.75) is 33.7 Å². The van der Waals surface area contributed by atoms with Gasteiger partial charge >= 0.3 is 11.9 Å². The van der Waals surface area contributed by atoms with E-state index in [4.69, 9.17) is 21.1 Å². The minimum absolute atomic E-state index is 0.00359. The van der Waals surface area contributed by atoms with Gasteiger partial charge in [-0.1, -0.05) is 39.3 Å². The minimum atomic E-state index is -0.597. The normalized spacial score (nSPS) is 12.7. The third-order valence-corrected chi connectivity index (χ3v) is 3.26. The summed E-state index contributed by atoms with van der Waals surface area (Å²) in [7, 11) is 1.33. The molecule has 0 fully saturated rings. The number of esters is 2. The molecule has 1 rings (SSSR count). The first-order valence-electron chi connectivity index (χ1n) is 7.38. The van der Waals surface area contributed by atoms with Gasteiger partial charge in [-0.05, 0) is 29.7 Å². The van der Waals surface area contributed by atoms with Crippen LogP contribution in [0.15, 0.2) is 23.2 Å². The Bertz CT molecular complexity index is 596. The van der Waals surface area contributed by atoms with E-state index in [9.17, 15) is 9.59 Å². The van der Waals surface area contributed by atoms with Crippen LogP contribution in [0.4, 0.5) is 0 Å². The molecule has 1 unspecified atom stereocenters. The minimum Gasteiger partial charge on any atom is -0.467 e. The van der Waals surface area contributed by atoms with Crippen molar-refractivity contribution in [1.29, 1.82) is 0 Å². The predicted molar refractivity (Wildman–Crippen MR) is 90.2 cm³/mol. The number of halogens is 1. The highest BCUT2D eigenvalue weighted by molar-refractivity contribution is 6.31. The van der Waals surface area contributed by atoms with Gasteiger partial charge in [0.15, 0.2) is 0 Å². The Balaban J connectivity index is 2.99. The van der Waals surface area contributed by atoms with Crippen LogP contribution in [0.25, 0.3) is 0 Å². The first-order valence-corrected chi connectivity index (χ1v) is 7.75. The lowest BCUT2D eigenvalue weighted by molar-refractivity contribution is -0.143. The molecule has 0 saturated heterocycles. The van der Waals surface area contributed by atoms with Crippen molar-refractivity contribution < 1.29 is 19.1 Å². The molecule has 0 aromatic heterocycles. The highest BCUT2D eigenvalue weighted by Gasteiger charge is 2.21. The second kappa shape index (κ2) is 8.67. The van der Waals surface area contributed by atoms with Gasteiger partial charge in [-0.3, -0.25) is 9.79 Å². The number of methoxy groups -OCH3 is 1. The average Bonchev–Trinajstić information content (AvgIpc) is 2.45. The van der Waals surface area contributed by atoms with E-state index in [-0.39, 0.29) is 17.8 Å². The molecule has 0 aliphatic heterocycles. The van der Waals surface area contributed by atoms with Crippen LogP contribution < -0.4 is 4.74 Å². The summed E-state index contributed by atoms with van der Waals surface area (Å²) < 4.78 is 9.98. The number of carbonyl (C=O) groups excluding carboxylic acids is 2. The van der Waals surface area contributed by atoms with Crippen LogP contribution in [-0.4, -0.2) is 31.3 Å². The van der Waals surface area contributed by atoms with E-state index in [1.807, 2.05) is 13.8 Å². The van der Waals surface area contributed by atoms with Crippen molar-refractivity contribution in [1.82, 2.24) is 0 Å². The molecule has 6 heteroatoms. The lowest BCUT2D eigenvalue weighted by Gasteiger charge is -2.13. The summed E-state index contributed by atoms with van der Waals surface area (Å²) in [5, 5.41) is 0.416. The molecular formula is C17H22ClNO4. The fourth-order valence-corrected chi connectivity index (χ4v) is 1.98. The Hall–Kier alpha value is -1.88. The fraction of sp³-hybridized carbons (Fsp3) is 0.471. The molecule has 126 valence electrons. The highest BCUT2D eigenvalue weighted by Crippen LogP contribution is 2.21. The SMILES string of the molecule is COC(=O)C(N=Cc1cc(Cl)cc(OC(=O)C(C)C)c1)C(C)C. The molecule has 0 aliphatic carbocycles. The van der Waals surface area contributed by atoms with Gasteiger partial charge < -0.3 is 9.47 Å². The van der Waals surface area contributed by atoms with Crippen LogP contribution >= 0.6 is 11.6 Å². The first kappa shape index (κ1) is 19.2. The standard InChI is InChI=1S/C17H22ClNO4/c1-10(2)15(17(21)22-5)19-9-12-6-13(18)8-14(7-12)23-16(20)11(3)4/h6-11,15H,1-5H3. The van der Waals surface area contributed by atoms with E-state index >= 15 is 0 Å². The quantitative estimate of drug-likeness (QED) is 0.452. The molecule has 0 radical (unpaired) electrons. The Morgan fingerprint density at radius 3 is 2.30 bits per heavy atom. The van der Waals surface area contributed by atoms with Gasteiger partial charge in [0, 0.05) is 11.2 Å². The largest absolute Gasteiger partial charge is 0.467 e. The fourth-order valence-electron chi connectivity index (χ4n) is 1.74. The van der Waals surface area contributed by atoms with Crippen molar-refractivity contribution in [2.24, 2.45) is 16.8 Å². The molecule has 0 bridgehead atoms. The molecule has 0 aliphatic rings. The van der Waals surface area contributed by atoms with Gasteiger partial charge in [0.25, 0.3) is 0 Å². The summed E-state index contributed by atoms with van der Waals surface area (Å²) in [4.78, 5) is 27.6. The van der Waals surface area contributed by atoms with Crippen LogP contribution in [-0.2, 0) is 14.3 Å². The number of rotatable bonds is 6. The lowest BCUT2D eigenvalue weighted by Crippen LogP contribution is -2.26. The zero-order valence-electron chi connectivity index (χ0n) is 14.0. The smallest absolute Gasteiger partial charge is 0.330 e. The summed E-state index contributed by atoms with van der Waals surface area (Å²) in [6, 6.07) is 4.27. The van der Waals surface area contributed by atoms with E-state index in [1.165, 1.54) is 13.3 Å². The van der Waals surface area contributed by atoms with E-state index in [0.29, 0.717) is 16.3 Å². The van der Waals surface area contributed by atoms with Crippen molar-refractivity contribution >= 4 is 29.8 Å². The summed E-state index contributed by atoms with van der Waals surface area (Å²) >= 11 is 6.04. The van der Waals surface area contributed by atoms with Gasteiger partial charge in [0.2, 0.25) is 0 Å². The van der Waals surface area contributed by atoms with E-state index in [0.717, 1.165) is 0 Å². The van der Waals surface area contributed by atoms with E-state index < -0.39 is 12.0 Å². The Kier molecular flexibility index (Phi) is 7.23. The molecule has 1 aromatic rings. The predicted octanol–water partition coefficient (Wildman–Crippen LogP) is 3.52. The maximum atomic E-state index is 11.7. The summed E-state index contributed by atoms with van der Waals surface area (Å²) in [5.74, 6) is -0.641. The first-order chi connectivity index (χ1) is 10.7. The lowest BCUT2D eigenvalue weighted by atomic mass is 10.1. The van der Waals surface area contributed by atoms with E-state index in [2.05, 4.69) is 4.99 Å². The van der Waals surface area contributed by atoms with Gasteiger partial charge in [0.1, 0.15) is 11.8 Å². The zero-order valence-corrected chi connectivity index (χ0v) is 14.8. The van der Waals surface area contributed by atoms with Gasteiger partial charge in [-0.25, -0.2) is 4.79 Å². The third-order valence-electron chi connectivity index (χ3n) is 3.04. The summed E-state index contributed by atoms with van der Waals surface area (Å²) in [5.41, 5.74) is 0.638. The number of hydrogen-bond donors (Lipinski definition) is 0. The molecule has 0 saturated carbocycles. The number of nitrogens with zero attached hydrogens (tertiary/aromatic N) is 1. The molecular weight excluding hydrogens is 318 g/mol. The van der Waals surface area contributed by atoms with Gasteiger partial charge in [-0.15, -0.1) is 0 Å². The topological polar surface area (TPSA) is 65.0 Å². The second-order valence-electron chi connectivity index (χ2n) is 5.79. The highest BCUT2D eigenvalue weighted by atomic mass is 35.5. The molecule has 0 amide bonds. The molecule has 0 spiro atoms. The monoisotopic (exact) mass is 339 g/mol. The number of hydrogen-bond acceptors (Lipinski definition) is 5. The van der Waals surface area contributed by atoms with Crippen LogP contribution in [0.1, 0.15) is 33.3 Å². The van der Waals surface area contributed by atoms with Crippen molar-refractivity contribution in [2.75, 3.05) is 7.11 Å². The van der Waals surface area contributed by atoms with Crippen molar-refractivity contribution in [3.8, 4) is 5.75 Å². The molecule has 1 atom stereocenters. The number of benzene rings is 1. The molecule has 23 heavy (non-hydrogen) atoms. The second-order valence-corrected chi connectivity index (χ2v) is 6.22. The number of carbonyl (C=O) groups is 2. The van der Waals surface area contributed by atoms with Crippen LogP contribution in [0, 0.1) is 11.8 Å². The summed E-state index contributed by atoms with van der Waals surface area (Å²) in [6.07, 6.45) is 1.53. The average molecular weight is 340 g/mol. The number of aliphatic imine (C=N–C) groups is 1. The van der Waals surface area contributed by atoms with Gasteiger partial charge in [0.05, 0.1) is 13.0 Å². The molecule has 0 heterocycles. The van der Waals surface area contributed by atoms with Crippen LogP contribution in [0.2, 0.25) is 5.02 Å². The summed E-state index contributed by atoms with van der Waals surface area (Å²) in [6.45, 7) is 7.26. The molecule has 0 N–H and O–H groups in total. The van der Waals surface area contributed by atoms with E-state index in [1.54, 1.807) is 32.0 Å². The third kappa shape index (κ3) is 6.02.